The minimum atomic E-state index is -0.639. The molecule has 1 aromatic carbocycles. The molecule has 18 heavy (non-hydrogen) atoms. The lowest BCUT2D eigenvalue weighted by Gasteiger charge is -2.11. The molecule has 1 heterocycles. The summed E-state index contributed by atoms with van der Waals surface area (Å²) in [5.74, 6) is -0.416. The summed E-state index contributed by atoms with van der Waals surface area (Å²) in [5, 5.41) is 0. The van der Waals surface area contributed by atoms with Gasteiger partial charge in [-0.1, -0.05) is 30.3 Å². The topological polar surface area (TPSA) is 54.0 Å². The third kappa shape index (κ3) is 3.53. The summed E-state index contributed by atoms with van der Waals surface area (Å²) in [5.41, 5.74) is 1.08. The molecule has 1 aliphatic heterocycles. The molecular weight excluding hydrogens is 236 g/mol. The SMILES string of the molecule is COC(=O)[C@H]1COC(COCc2ccccc2)O1. The first-order valence-corrected chi connectivity index (χ1v) is 5.76. The van der Waals surface area contributed by atoms with Crippen molar-refractivity contribution in [2.75, 3.05) is 20.3 Å². The van der Waals surface area contributed by atoms with Gasteiger partial charge in [-0.25, -0.2) is 4.79 Å². The van der Waals surface area contributed by atoms with Crippen molar-refractivity contribution in [2.24, 2.45) is 0 Å². The van der Waals surface area contributed by atoms with Gasteiger partial charge in [0.1, 0.15) is 0 Å². The third-order valence-electron chi connectivity index (χ3n) is 2.58. The van der Waals surface area contributed by atoms with Crippen LogP contribution in [-0.2, 0) is 30.3 Å². The first kappa shape index (κ1) is 13.0. The smallest absolute Gasteiger partial charge is 0.337 e. The number of hydrogen-bond acceptors (Lipinski definition) is 5. The van der Waals surface area contributed by atoms with Gasteiger partial charge in [0.2, 0.25) is 0 Å². The van der Waals surface area contributed by atoms with Crippen LogP contribution in [0.3, 0.4) is 0 Å². The minimum absolute atomic E-state index is 0.214. The molecule has 1 saturated heterocycles. The molecule has 0 amide bonds. The van der Waals surface area contributed by atoms with Crippen molar-refractivity contribution in [3.63, 3.8) is 0 Å². The Balaban J connectivity index is 1.68. The molecule has 5 heteroatoms. The molecule has 0 radical (unpaired) electrons. The molecule has 0 bridgehead atoms. The fraction of sp³-hybridized carbons (Fsp3) is 0.462. The molecule has 0 aromatic heterocycles. The Morgan fingerprint density at radius 2 is 2.17 bits per heavy atom. The van der Waals surface area contributed by atoms with Crippen molar-refractivity contribution in [3.05, 3.63) is 35.9 Å². The van der Waals surface area contributed by atoms with E-state index >= 15 is 0 Å². The van der Waals surface area contributed by atoms with Crippen molar-refractivity contribution >= 4 is 5.97 Å². The molecule has 0 saturated carbocycles. The standard InChI is InChI=1S/C13H16O5/c1-15-13(14)11-8-17-12(18-11)9-16-7-10-5-3-2-4-6-10/h2-6,11-12H,7-9H2,1H3/t11-,12?/m1/s1. The average molecular weight is 252 g/mol. The molecule has 0 aliphatic carbocycles. The largest absolute Gasteiger partial charge is 0.467 e. The second kappa shape index (κ2) is 6.49. The van der Waals surface area contributed by atoms with E-state index in [-0.39, 0.29) is 6.61 Å². The van der Waals surface area contributed by atoms with E-state index in [1.54, 1.807) is 0 Å². The van der Waals surface area contributed by atoms with E-state index in [1.807, 2.05) is 30.3 Å². The molecular formula is C13H16O5. The number of rotatable bonds is 5. The summed E-state index contributed by atoms with van der Waals surface area (Å²) in [4.78, 5) is 11.2. The number of benzene rings is 1. The first-order chi connectivity index (χ1) is 8.79. The maximum atomic E-state index is 11.2. The van der Waals surface area contributed by atoms with Gasteiger partial charge in [-0.3, -0.25) is 0 Å². The van der Waals surface area contributed by atoms with Crippen LogP contribution in [0.15, 0.2) is 30.3 Å². The van der Waals surface area contributed by atoms with Crippen LogP contribution in [0.4, 0.5) is 0 Å². The molecule has 5 nitrogen and oxygen atoms in total. The monoisotopic (exact) mass is 252 g/mol. The summed E-state index contributed by atoms with van der Waals surface area (Å²) in [6.07, 6.45) is -1.14. The molecule has 0 N–H and O–H groups in total. The highest BCUT2D eigenvalue weighted by Crippen LogP contribution is 2.13. The van der Waals surface area contributed by atoms with E-state index in [2.05, 4.69) is 4.74 Å². The molecule has 1 unspecified atom stereocenters. The van der Waals surface area contributed by atoms with Crippen LogP contribution < -0.4 is 0 Å². The Morgan fingerprint density at radius 3 is 2.89 bits per heavy atom. The molecule has 0 spiro atoms. The Kier molecular flexibility index (Phi) is 4.69. The van der Waals surface area contributed by atoms with E-state index < -0.39 is 18.4 Å². The molecule has 98 valence electrons. The van der Waals surface area contributed by atoms with E-state index in [4.69, 9.17) is 14.2 Å². The van der Waals surface area contributed by atoms with Gasteiger partial charge >= 0.3 is 5.97 Å². The zero-order valence-electron chi connectivity index (χ0n) is 10.2. The molecule has 2 atom stereocenters. The van der Waals surface area contributed by atoms with Crippen LogP contribution in [0.2, 0.25) is 0 Å². The van der Waals surface area contributed by atoms with E-state index in [0.717, 1.165) is 5.56 Å². The van der Waals surface area contributed by atoms with Gasteiger partial charge in [0, 0.05) is 0 Å². The number of esters is 1. The Labute approximate surface area is 106 Å². The normalized spacial score (nSPS) is 22.9. The molecule has 2 rings (SSSR count). The number of carbonyl (C=O) groups is 1. The van der Waals surface area contributed by atoms with Crippen molar-refractivity contribution < 1.29 is 23.7 Å². The summed E-state index contributed by atoms with van der Waals surface area (Å²) in [7, 11) is 1.32. The summed E-state index contributed by atoms with van der Waals surface area (Å²) < 4.78 is 20.6. The minimum Gasteiger partial charge on any atom is -0.467 e. The van der Waals surface area contributed by atoms with Gasteiger partial charge in [0.25, 0.3) is 0 Å². The van der Waals surface area contributed by atoms with Crippen LogP contribution in [0.25, 0.3) is 0 Å². The lowest BCUT2D eigenvalue weighted by atomic mass is 10.2. The van der Waals surface area contributed by atoms with Crippen LogP contribution in [0.1, 0.15) is 5.56 Å². The zero-order valence-corrected chi connectivity index (χ0v) is 10.2. The van der Waals surface area contributed by atoms with E-state index in [1.165, 1.54) is 7.11 Å². The summed E-state index contributed by atoms with van der Waals surface area (Å²) >= 11 is 0. The Hall–Kier alpha value is -1.43. The number of carbonyl (C=O) groups excluding carboxylic acids is 1. The van der Waals surface area contributed by atoms with Crippen LogP contribution >= 0.6 is 0 Å². The maximum absolute atomic E-state index is 11.2. The average Bonchev–Trinajstić information content (AvgIpc) is 2.88. The molecule has 1 aromatic rings. The predicted octanol–water partition coefficient (Wildman–Crippen LogP) is 1.12. The van der Waals surface area contributed by atoms with Gasteiger partial charge in [-0.2, -0.15) is 0 Å². The van der Waals surface area contributed by atoms with Crippen LogP contribution in [0.5, 0.6) is 0 Å². The van der Waals surface area contributed by atoms with Crippen LogP contribution in [-0.4, -0.2) is 38.7 Å². The lowest BCUT2D eigenvalue weighted by molar-refractivity contribution is -0.157. The van der Waals surface area contributed by atoms with E-state index in [0.29, 0.717) is 13.2 Å². The summed E-state index contributed by atoms with van der Waals surface area (Å²) in [6.45, 7) is 1.00. The van der Waals surface area contributed by atoms with Gasteiger partial charge in [-0.05, 0) is 5.56 Å². The highest BCUT2D eigenvalue weighted by molar-refractivity contribution is 5.74. The van der Waals surface area contributed by atoms with Gasteiger partial charge in [0.15, 0.2) is 12.4 Å². The summed E-state index contributed by atoms with van der Waals surface area (Å²) in [6, 6.07) is 9.82. The molecule has 1 aliphatic rings. The maximum Gasteiger partial charge on any atom is 0.337 e. The van der Waals surface area contributed by atoms with Gasteiger partial charge < -0.3 is 18.9 Å². The second-order valence-electron chi connectivity index (χ2n) is 3.91. The molecule has 1 fully saturated rings. The van der Waals surface area contributed by atoms with Gasteiger partial charge in [-0.15, -0.1) is 0 Å². The number of hydrogen-bond donors (Lipinski definition) is 0. The van der Waals surface area contributed by atoms with Crippen LogP contribution in [0, 0.1) is 0 Å². The third-order valence-corrected chi connectivity index (χ3v) is 2.58. The fourth-order valence-electron chi connectivity index (χ4n) is 1.65. The van der Waals surface area contributed by atoms with Crippen molar-refractivity contribution in [1.82, 2.24) is 0 Å². The first-order valence-electron chi connectivity index (χ1n) is 5.76. The number of ether oxygens (including phenoxy) is 4. The highest BCUT2D eigenvalue weighted by Gasteiger charge is 2.32. The highest BCUT2D eigenvalue weighted by atomic mass is 16.7. The second-order valence-corrected chi connectivity index (χ2v) is 3.91. The quantitative estimate of drug-likeness (QED) is 0.735. The lowest BCUT2D eigenvalue weighted by Crippen LogP contribution is -2.25. The number of methoxy groups -OCH3 is 1. The van der Waals surface area contributed by atoms with Crippen molar-refractivity contribution in [2.45, 2.75) is 19.0 Å². The predicted molar refractivity (Wildman–Crippen MR) is 62.7 cm³/mol. The Bertz CT molecular complexity index is 378. The van der Waals surface area contributed by atoms with Gasteiger partial charge in [0.05, 0.1) is 26.9 Å². The van der Waals surface area contributed by atoms with Crippen molar-refractivity contribution in [3.8, 4) is 0 Å². The van der Waals surface area contributed by atoms with Crippen molar-refractivity contribution in [1.29, 1.82) is 0 Å². The zero-order chi connectivity index (χ0) is 12.8. The van der Waals surface area contributed by atoms with E-state index in [9.17, 15) is 4.79 Å². The fourth-order valence-corrected chi connectivity index (χ4v) is 1.65. The Morgan fingerprint density at radius 1 is 1.39 bits per heavy atom.